The lowest BCUT2D eigenvalue weighted by molar-refractivity contribution is -0.128. The molecule has 0 aromatic heterocycles. The molecule has 1 atom stereocenters. The van der Waals surface area contributed by atoms with Crippen molar-refractivity contribution in [3.8, 4) is 17.2 Å². The van der Waals surface area contributed by atoms with Crippen molar-refractivity contribution in [3.63, 3.8) is 0 Å². The molecule has 2 amide bonds. The van der Waals surface area contributed by atoms with Crippen molar-refractivity contribution in [1.82, 2.24) is 10.9 Å². The zero-order valence-electron chi connectivity index (χ0n) is 16.4. The normalized spacial score (nSPS) is 13.2. The Kier molecular flexibility index (Phi) is 5.73. The van der Waals surface area contributed by atoms with Crippen LogP contribution in [0.2, 0.25) is 0 Å². The molecule has 1 heterocycles. The van der Waals surface area contributed by atoms with Crippen LogP contribution in [0.25, 0.3) is 0 Å². The molecule has 0 saturated heterocycles. The molecule has 3 rings (SSSR count). The Labute approximate surface area is 164 Å². The molecule has 0 fully saturated rings. The van der Waals surface area contributed by atoms with Gasteiger partial charge in [0.05, 0.1) is 0 Å². The lowest BCUT2D eigenvalue weighted by atomic mass is 9.98. The molecule has 7 nitrogen and oxygen atoms in total. The highest BCUT2D eigenvalue weighted by molar-refractivity contribution is 5.96. The predicted molar refractivity (Wildman–Crippen MR) is 104 cm³/mol. The lowest BCUT2D eigenvalue weighted by Crippen LogP contribution is -2.47. The zero-order chi connectivity index (χ0) is 20.3. The Morgan fingerprint density at radius 3 is 2.46 bits per heavy atom. The number of carbonyl (C=O) groups is 2. The Morgan fingerprint density at radius 2 is 1.75 bits per heavy atom. The minimum absolute atomic E-state index is 0.129. The monoisotopic (exact) mass is 384 g/mol. The maximum Gasteiger partial charge on any atom is 0.279 e. The molecular formula is C21H24N2O5. The van der Waals surface area contributed by atoms with Crippen LogP contribution in [0.1, 0.15) is 48.2 Å². The van der Waals surface area contributed by atoms with Crippen LogP contribution in [0.5, 0.6) is 17.2 Å². The number of aryl methyl sites for hydroxylation is 1. The standard InChI is InChI=1S/C21H24N2O5/c1-12(2)17-7-6-16(9-13(17)3)28-14(4)20(24)22-23-21(25)15-5-8-18-19(10-15)27-11-26-18/h5-10,12,14H,11H2,1-4H3,(H,22,24)(H,23,25)/t14-/m1/s1. The number of ether oxygens (including phenoxy) is 3. The summed E-state index contributed by atoms with van der Waals surface area (Å²) in [4.78, 5) is 24.4. The van der Waals surface area contributed by atoms with Crippen molar-refractivity contribution in [1.29, 1.82) is 0 Å². The van der Waals surface area contributed by atoms with Gasteiger partial charge in [-0.05, 0) is 61.2 Å². The van der Waals surface area contributed by atoms with Crippen molar-refractivity contribution >= 4 is 11.8 Å². The summed E-state index contributed by atoms with van der Waals surface area (Å²) in [5.74, 6) is 1.18. The van der Waals surface area contributed by atoms with Crippen LogP contribution in [0.4, 0.5) is 0 Å². The Hall–Kier alpha value is -3.22. The van der Waals surface area contributed by atoms with E-state index in [9.17, 15) is 9.59 Å². The van der Waals surface area contributed by atoms with Crippen LogP contribution in [0.15, 0.2) is 36.4 Å². The number of hydrogen-bond acceptors (Lipinski definition) is 5. The number of benzene rings is 2. The van der Waals surface area contributed by atoms with Crippen molar-refractivity contribution in [2.45, 2.75) is 39.7 Å². The molecule has 0 bridgehead atoms. The van der Waals surface area contributed by atoms with Crippen molar-refractivity contribution in [3.05, 3.63) is 53.1 Å². The van der Waals surface area contributed by atoms with Crippen molar-refractivity contribution < 1.29 is 23.8 Å². The molecule has 2 aromatic carbocycles. The summed E-state index contributed by atoms with van der Waals surface area (Å²) in [6.45, 7) is 8.01. The van der Waals surface area contributed by atoms with E-state index in [0.717, 1.165) is 5.56 Å². The van der Waals surface area contributed by atoms with Crippen LogP contribution < -0.4 is 25.1 Å². The molecule has 1 aliphatic rings. The molecule has 148 valence electrons. The van der Waals surface area contributed by atoms with Crippen molar-refractivity contribution in [2.75, 3.05) is 6.79 Å². The van der Waals surface area contributed by atoms with Gasteiger partial charge in [-0.1, -0.05) is 19.9 Å². The first-order valence-corrected chi connectivity index (χ1v) is 9.12. The zero-order valence-corrected chi connectivity index (χ0v) is 16.4. The molecule has 7 heteroatoms. The fourth-order valence-electron chi connectivity index (χ4n) is 2.96. The van der Waals surface area contributed by atoms with Crippen LogP contribution in [-0.4, -0.2) is 24.7 Å². The number of hydrogen-bond donors (Lipinski definition) is 2. The molecule has 0 radical (unpaired) electrons. The van der Waals surface area contributed by atoms with Gasteiger partial charge in [-0.2, -0.15) is 0 Å². The summed E-state index contributed by atoms with van der Waals surface area (Å²) in [5, 5.41) is 0. The molecule has 1 aliphatic heterocycles. The molecule has 0 saturated carbocycles. The number of carbonyl (C=O) groups excluding carboxylic acids is 2. The molecular weight excluding hydrogens is 360 g/mol. The van der Waals surface area contributed by atoms with Gasteiger partial charge in [0.2, 0.25) is 6.79 Å². The molecule has 0 aliphatic carbocycles. The summed E-state index contributed by atoms with van der Waals surface area (Å²) in [6, 6.07) is 10.5. The van der Waals surface area contributed by atoms with E-state index in [-0.39, 0.29) is 6.79 Å². The highest BCUT2D eigenvalue weighted by atomic mass is 16.7. The minimum Gasteiger partial charge on any atom is -0.481 e. The van der Waals surface area contributed by atoms with Crippen LogP contribution >= 0.6 is 0 Å². The van der Waals surface area contributed by atoms with E-state index in [2.05, 4.69) is 24.7 Å². The average Bonchev–Trinajstić information content (AvgIpc) is 3.13. The van der Waals surface area contributed by atoms with Gasteiger partial charge in [0.25, 0.3) is 11.8 Å². The summed E-state index contributed by atoms with van der Waals surface area (Å²) in [7, 11) is 0. The Morgan fingerprint density at radius 1 is 1.00 bits per heavy atom. The quantitative estimate of drug-likeness (QED) is 0.774. The topological polar surface area (TPSA) is 85.9 Å². The Bertz CT molecular complexity index is 894. The fourth-order valence-corrected chi connectivity index (χ4v) is 2.96. The third kappa shape index (κ3) is 4.36. The molecule has 0 spiro atoms. The Balaban J connectivity index is 1.54. The van der Waals surface area contributed by atoms with E-state index in [0.29, 0.717) is 28.7 Å². The number of rotatable bonds is 5. The number of fused-ring (bicyclic) bond motifs is 1. The third-order valence-electron chi connectivity index (χ3n) is 4.48. The summed E-state index contributed by atoms with van der Waals surface area (Å²) in [6.07, 6.45) is -0.777. The summed E-state index contributed by atoms with van der Waals surface area (Å²) in [5.41, 5.74) is 7.44. The third-order valence-corrected chi connectivity index (χ3v) is 4.48. The van der Waals surface area contributed by atoms with Crippen LogP contribution in [0, 0.1) is 6.92 Å². The van der Waals surface area contributed by atoms with E-state index in [4.69, 9.17) is 14.2 Å². The van der Waals surface area contributed by atoms with Gasteiger partial charge in [0.15, 0.2) is 17.6 Å². The number of amides is 2. The van der Waals surface area contributed by atoms with Gasteiger partial charge < -0.3 is 14.2 Å². The van der Waals surface area contributed by atoms with Gasteiger partial charge in [0.1, 0.15) is 5.75 Å². The van der Waals surface area contributed by atoms with Gasteiger partial charge in [-0.3, -0.25) is 20.4 Å². The second-order valence-corrected chi connectivity index (χ2v) is 6.94. The van der Waals surface area contributed by atoms with Crippen molar-refractivity contribution in [2.24, 2.45) is 0 Å². The maximum atomic E-state index is 12.2. The van der Waals surface area contributed by atoms with E-state index in [1.54, 1.807) is 25.1 Å². The van der Waals surface area contributed by atoms with Gasteiger partial charge in [-0.15, -0.1) is 0 Å². The predicted octanol–water partition coefficient (Wildman–Crippen LogP) is 3.08. The smallest absolute Gasteiger partial charge is 0.279 e. The summed E-state index contributed by atoms with van der Waals surface area (Å²) >= 11 is 0. The van der Waals surface area contributed by atoms with Crippen LogP contribution in [-0.2, 0) is 4.79 Å². The first-order chi connectivity index (χ1) is 13.3. The highest BCUT2D eigenvalue weighted by Gasteiger charge is 2.19. The molecule has 2 aromatic rings. The first-order valence-electron chi connectivity index (χ1n) is 9.12. The highest BCUT2D eigenvalue weighted by Crippen LogP contribution is 2.32. The largest absolute Gasteiger partial charge is 0.481 e. The average molecular weight is 384 g/mol. The molecule has 28 heavy (non-hydrogen) atoms. The fraction of sp³-hybridized carbons (Fsp3) is 0.333. The van der Waals surface area contributed by atoms with E-state index >= 15 is 0 Å². The second kappa shape index (κ2) is 8.21. The SMILES string of the molecule is Cc1cc(O[C@H](C)C(=O)NNC(=O)c2ccc3c(c2)OCO3)ccc1C(C)C. The lowest BCUT2D eigenvalue weighted by Gasteiger charge is -2.17. The van der Waals surface area contributed by atoms with Gasteiger partial charge in [-0.25, -0.2) is 0 Å². The van der Waals surface area contributed by atoms with E-state index in [1.165, 1.54) is 5.56 Å². The van der Waals surface area contributed by atoms with Gasteiger partial charge in [0, 0.05) is 5.56 Å². The minimum atomic E-state index is -0.777. The van der Waals surface area contributed by atoms with E-state index < -0.39 is 17.9 Å². The van der Waals surface area contributed by atoms with Crippen LogP contribution in [0.3, 0.4) is 0 Å². The molecule has 0 unspecified atom stereocenters. The number of nitrogens with one attached hydrogen (secondary N) is 2. The summed E-state index contributed by atoms with van der Waals surface area (Å²) < 4.78 is 16.1. The first kappa shape index (κ1) is 19.5. The van der Waals surface area contributed by atoms with Gasteiger partial charge >= 0.3 is 0 Å². The maximum absolute atomic E-state index is 12.2. The second-order valence-electron chi connectivity index (χ2n) is 6.94. The molecule has 2 N–H and O–H groups in total. The van der Waals surface area contributed by atoms with E-state index in [1.807, 2.05) is 25.1 Å². The number of hydrazine groups is 1.